The third-order valence-electron chi connectivity index (χ3n) is 1.67. The van der Waals surface area contributed by atoms with Crippen LogP contribution in [-0.4, -0.2) is 39.1 Å². The Kier molecular flexibility index (Phi) is 5.46. The lowest BCUT2D eigenvalue weighted by Crippen LogP contribution is -2.32. The van der Waals surface area contributed by atoms with Crippen molar-refractivity contribution in [1.82, 2.24) is 0 Å². The van der Waals surface area contributed by atoms with E-state index in [9.17, 15) is 0 Å². The van der Waals surface area contributed by atoms with Gasteiger partial charge < -0.3 is 14.2 Å². The molecule has 0 aromatic carbocycles. The Morgan fingerprint density at radius 1 is 1.25 bits per heavy atom. The standard InChI is InChI=1S/C9H20O3/c1-8(6-10-4)12-7-9(2,3)11-5/h8H,6-7H2,1-5H3. The van der Waals surface area contributed by atoms with E-state index in [1.165, 1.54) is 0 Å². The lowest BCUT2D eigenvalue weighted by atomic mass is 10.1. The monoisotopic (exact) mass is 176 g/mol. The summed E-state index contributed by atoms with van der Waals surface area (Å²) in [6.07, 6.45) is 0.129. The highest BCUT2D eigenvalue weighted by Crippen LogP contribution is 2.08. The number of methoxy groups -OCH3 is 2. The normalized spacial score (nSPS) is 14.8. The van der Waals surface area contributed by atoms with Crippen molar-refractivity contribution in [2.45, 2.75) is 32.5 Å². The third-order valence-corrected chi connectivity index (χ3v) is 1.67. The maximum atomic E-state index is 5.49. The summed E-state index contributed by atoms with van der Waals surface area (Å²) in [4.78, 5) is 0. The molecule has 3 heteroatoms. The van der Waals surface area contributed by atoms with Crippen LogP contribution in [0.5, 0.6) is 0 Å². The molecule has 0 aromatic heterocycles. The molecule has 0 heterocycles. The Morgan fingerprint density at radius 3 is 2.25 bits per heavy atom. The van der Waals surface area contributed by atoms with Gasteiger partial charge in [0.1, 0.15) is 0 Å². The van der Waals surface area contributed by atoms with E-state index in [4.69, 9.17) is 14.2 Å². The van der Waals surface area contributed by atoms with Gasteiger partial charge in [-0.2, -0.15) is 0 Å². The summed E-state index contributed by atoms with van der Waals surface area (Å²) >= 11 is 0. The van der Waals surface area contributed by atoms with Crippen LogP contribution in [-0.2, 0) is 14.2 Å². The van der Waals surface area contributed by atoms with Crippen molar-refractivity contribution in [1.29, 1.82) is 0 Å². The van der Waals surface area contributed by atoms with Crippen molar-refractivity contribution in [3.63, 3.8) is 0 Å². The molecule has 0 aliphatic rings. The lowest BCUT2D eigenvalue weighted by molar-refractivity contribution is -0.0841. The second-order valence-corrected chi connectivity index (χ2v) is 3.54. The molecule has 1 unspecified atom stereocenters. The Hall–Kier alpha value is -0.120. The molecule has 0 N–H and O–H groups in total. The van der Waals surface area contributed by atoms with Gasteiger partial charge in [0.25, 0.3) is 0 Å². The van der Waals surface area contributed by atoms with Crippen LogP contribution in [0.25, 0.3) is 0 Å². The van der Waals surface area contributed by atoms with E-state index >= 15 is 0 Å². The van der Waals surface area contributed by atoms with E-state index in [0.717, 1.165) is 0 Å². The fourth-order valence-electron chi connectivity index (χ4n) is 0.685. The molecule has 0 bridgehead atoms. The lowest BCUT2D eigenvalue weighted by Gasteiger charge is -2.24. The van der Waals surface area contributed by atoms with Gasteiger partial charge in [-0.25, -0.2) is 0 Å². The maximum absolute atomic E-state index is 5.49. The van der Waals surface area contributed by atoms with Gasteiger partial charge in [-0.05, 0) is 20.8 Å². The largest absolute Gasteiger partial charge is 0.382 e. The summed E-state index contributed by atoms with van der Waals surface area (Å²) in [6, 6.07) is 0. The van der Waals surface area contributed by atoms with Crippen LogP contribution in [0.4, 0.5) is 0 Å². The van der Waals surface area contributed by atoms with Crippen LogP contribution in [0.2, 0.25) is 0 Å². The summed E-state index contributed by atoms with van der Waals surface area (Å²) in [7, 11) is 3.35. The first-order chi connectivity index (χ1) is 5.52. The molecule has 1 atom stereocenters. The van der Waals surface area contributed by atoms with Crippen molar-refractivity contribution in [3.8, 4) is 0 Å². The number of hydrogen-bond acceptors (Lipinski definition) is 3. The van der Waals surface area contributed by atoms with Gasteiger partial charge in [-0.1, -0.05) is 0 Å². The maximum Gasteiger partial charge on any atom is 0.0855 e. The Bertz CT molecular complexity index is 112. The summed E-state index contributed by atoms with van der Waals surface area (Å²) < 4.78 is 15.6. The van der Waals surface area contributed by atoms with Crippen molar-refractivity contribution in [2.24, 2.45) is 0 Å². The summed E-state index contributed by atoms with van der Waals surface area (Å²) in [5, 5.41) is 0. The van der Waals surface area contributed by atoms with Crippen molar-refractivity contribution in [2.75, 3.05) is 27.4 Å². The van der Waals surface area contributed by atoms with Crippen molar-refractivity contribution >= 4 is 0 Å². The Balaban J connectivity index is 3.52. The smallest absolute Gasteiger partial charge is 0.0855 e. The quantitative estimate of drug-likeness (QED) is 0.613. The number of hydrogen-bond donors (Lipinski definition) is 0. The second kappa shape index (κ2) is 5.51. The fourth-order valence-corrected chi connectivity index (χ4v) is 0.685. The first-order valence-electron chi connectivity index (χ1n) is 4.17. The van der Waals surface area contributed by atoms with E-state index in [0.29, 0.717) is 13.2 Å². The molecule has 0 saturated heterocycles. The van der Waals surface area contributed by atoms with Gasteiger partial charge >= 0.3 is 0 Å². The number of ether oxygens (including phenoxy) is 3. The van der Waals surface area contributed by atoms with Crippen molar-refractivity contribution < 1.29 is 14.2 Å². The Labute approximate surface area is 75.0 Å². The minimum absolute atomic E-state index is 0.129. The predicted molar refractivity (Wildman–Crippen MR) is 48.4 cm³/mol. The second-order valence-electron chi connectivity index (χ2n) is 3.54. The van der Waals surface area contributed by atoms with Gasteiger partial charge in [-0.3, -0.25) is 0 Å². The molecule has 0 amide bonds. The molecule has 0 aliphatic carbocycles. The van der Waals surface area contributed by atoms with E-state index < -0.39 is 0 Å². The third kappa shape index (κ3) is 5.52. The van der Waals surface area contributed by atoms with Gasteiger partial charge in [0, 0.05) is 14.2 Å². The molecular formula is C9H20O3. The van der Waals surface area contributed by atoms with Crippen LogP contribution in [0, 0.1) is 0 Å². The topological polar surface area (TPSA) is 27.7 Å². The minimum atomic E-state index is -0.206. The zero-order valence-electron chi connectivity index (χ0n) is 8.72. The van der Waals surface area contributed by atoms with Crippen LogP contribution in [0.1, 0.15) is 20.8 Å². The minimum Gasteiger partial charge on any atom is -0.382 e. The first-order valence-corrected chi connectivity index (χ1v) is 4.17. The molecule has 0 radical (unpaired) electrons. The molecule has 12 heavy (non-hydrogen) atoms. The summed E-state index contributed by atoms with van der Waals surface area (Å²) in [5.74, 6) is 0. The molecule has 0 fully saturated rings. The van der Waals surface area contributed by atoms with E-state index in [1.54, 1.807) is 14.2 Å². The summed E-state index contributed by atoms with van der Waals surface area (Å²) in [6.45, 7) is 7.18. The van der Waals surface area contributed by atoms with Crippen LogP contribution >= 0.6 is 0 Å². The van der Waals surface area contributed by atoms with Crippen LogP contribution < -0.4 is 0 Å². The highest BCUT2D eigenvalue weighted by atomic mass is 16.6. The van der Waals surface area contributed by atoms with E-state index in [2.05, 4.69) is 0 Å². The van der Waals surface area contributed by atoms with Crippen molar-refractivity contribution in [3.05, 3.63) is 0 Å². The highest BCUT2D eigenvalue weighted by Gasteiger charge is 2.17. The molecule has 74 valence electrons. The molecule has 0 aromatic rings. The van der Waals surface area contributed by atoms with Crippen LogP contribution in [0.3, 0.4) is 0 Å². The molecule has 0 saturated carbocycles. The average Bonchev–Trinajstić information content (AvgIpc) is 2.02. The van der Waals surface area contributed by atoms with Gasteiger partial charge in [0.15, 0.2) is 0 Å². The Morgan fingerprint density at radius 2 is 1.83 bits per heavy atom. The fraction of sp³-hybridized carbons (Fsp3) is 1.00. The molecule has 0 rings (SSSR count). The SMILES string of the molecule is COCC(C)OCC(C)(C)OC. The zero-order chi connectivity index (χ0) is 9.61. The average molecular weight is 176 g/mol. The van der Waals surface area contributed by atoms with Gasteiger partial charge in [0.2, 0.25) is 0 Å². The van der Waals surface area contributed by atoms with Gasteiger partial charge in [-0.15, -0.1) is 0 Å². The van der Waals surface area contributed by atoms with E-state index in [1.807, 2.05) is 20.8 Å². The van der Waals surface area contributed by atoms with Gasteiger partial charge in [0.05, 0.1) is 24.9 Å². The van der Waals surface area contributed by atoms with Crippen LogP contribution in [0.15, 0.2) is 0 Å². The summed E-state index contributed by atoms with van der Waals surface area (Å²) in [5.41, 5.74) is -0.206. The zero-order valence-corrected chi connectivity index (χ0v) is 8.72. The van der Waals surface area contributed by atoms with E-state index in [-0.39, 0.29) is 11.7 Å². The molecule has 0 aliphatic heterocycles. The highest BCUT2D eigenvalue weighted by molar-refractivity contribution is 4.66. The first kappa shape index (κ1) is 11.9. The predicted octanol–water partition coefficient (Wildman–Crippen LogP) is 1.46. The molecular weight excluding hydrogens is 156 g/mol. The molecule has 3 nitrogen and oxygen atoms in total. The molecule has 0 spiro atoms. The number of rotatable bonds is 6.